The normalized spacial score (nSPS) is 11.5. The molecule has 0 heterocycles. The Morgan fingerprint density at radius 3 is 2.38 bits per heavy atom. The lowest BCUT2D eigenvalue weighted by Gasteiger charge is -2.17. The van der Waals surface area contributed by atoms with Gasteiger partial charge in [0.15, 0.2) is 0 Å². The quantitative estimate of drug-likeness (QED) is 0.610. The zero-order chi connectivity index (χ0) is 18.2. The van der Waals surface area contributed by atoms with Gasteiger partial charge in [0.25, 0.3) is 0 Å². The number of carboxylic acids is 1. The van der Waals surface area contributed by atoms with Crippen LogP contribution >= 0.6 is 0 Å². The number of rotatable bonds is 10. The van der Waals surface area contributed by atoms with Gasteiger partial charge in [-0.1, -0.05) is 0 Å². The van der Waals surface area contributed by atoms with Crippen LogP contribution in [0, 0.1) is 5.82 Å². The Labute approximate surface area is 140 Å². The second-order valence-electron chi connectivity index (χ2n) is 5.23. The molecule has 134 valence electrons. The van der Waals surface area contributed by atoms with Crippen molar-refractivity contribution in [1.82, 2.24) is 9.62 Å². The maximum atomic E-state index is 12.9. The van der Waals surface area contributed by atoms with E-state index in [2.05, 4.69) is 5.32 Å². The van der Waals surface area contributed by atoms with Crippen LogP contribution in [-0.4, -0.2) is 49.8 Å². The van der Waals surface area contributed by atoms with Crippen molar-refractivity contribution < 1.29 is 27.5 Å². The Morgan fingerprint density at radius 1 is 1.17 bits per heavy atom. The van der Waals surface area contributed by atoms with Gasteiger partial charge in [-0.3, -0.25) is 9.59 Å². The number of halogens is 1. The van der Waals surface area contributed by atoms with Gasteiger partial charge >= 0.3 is 5.97 Å². The number of nitrogens with one attached hydrogen (secondary N) is 1. The number of sulfonamides is 1. The van der Waals surface area contributed by atoms with Gasteiger partial charge in [0, 0.05) is 33.0 Å². The van der Waals surface area contributed by atoms with Crippen LogP contribution in [-0.2, 0) is 19.6 Å². The van der Waals surface area contributed by atoms with Crippen LogP contribution in [0.5, 0.6) is 0 Å². The number of aliphatic carboxylic acids is 1. The Balaban J connectivity index is 2.37. The molecule has 0 atom stereocenters. The van der Waals surface area contributed by atoms with Gasteiger partial charge in [0.05, 0.1) is 4.90 Å². The molecule has 9 heteroatoms. The molecular weight excluding hydrogens is 339 g/mol. The van der Waals surface area contributed by atoms with Gasteiger partial charge in [-0.2, -0.15) is 0 Å². The summed E-state index contributed by atoms with van der Waals surface area (Å²) in [4.78, 5) is 21.9. The van der Waals surface area contributed by atoms with Crippen LogP contribution in [0.1, 0.15) is 25.7 Å². The molecule has 7 nitrogen and oxygen atoms in total. The van der Waals surface area contributed by atoms with Gasteiger partial charge in [-0.25, -0.2) is 17.1 Å². The highest BCUT2D eigenvalue weighted by molar-refractivity contribution is 7.89. The molecule has 0 bridgehead atoms. The zero-order valence-electron chi connectivity index (χ0n) is 13.4. The van der Waals surface area contributed by atoms with Gasteiger partial charge < -0.3 is 10.4 Å². The molecule has 0 saturated heterocycles. The predicted molar refractivity (Wildman–Crippen MR) is 85.3 cm³/mol. The first kappa shape index (κ1) is 20.0. The molecule has 0 radical (unpaired) electrons. The fraction of sp³-hybridized carbons (Fsp3) is 0.467. The minimum atomic E-state index is -3.71. The van der Waals surface area contributed by atoms with E-state index in [1.54, 1.807) is 0 Å². The second kappa shape index (κ2) is 9.33. The molecule has 0 saturated carbocycles. The van der Waals surface area contributed by atoms with E-state index in [-0.39, 0.29) is 36.7 Å². The van der Waals surface area contributed by atoms with E-state index in [4.69, 9.17) is 5.11 Å². The number of nitrogens with zero attached hydrogens (tertiary/aromatic N) is 1. The summed E-state index contributed by atoms with van der Waals surface area (Å²) in [5.74, 6) is -1.69. The molecule has 0 spiro atoms. The molecule has 1 rings (SSSR count). The summed E-state index contributed by atoms with van der Waals surface area (Å²) < 4.78 is 38.4. The number of carbonyl (C=O) groups is 2. The SMILES string of the molecule is CN(CCCC(=O)NCCCC(=O)O)S(=O)(=O)c1ccc(F)cc1. The van der Waals surface area contributed by atoms with E-state index in [0.29, 0.717) is 12.8 Å². The first-order valence-corrected chi connectivity index (χ1v) is 8.88. The monoisotopic (exact) mass is 360 g/mol. The predicted octanol–water partition coefficient (Wildman–Crippen LogP) is 1.21. The summed E-state index contributed by atoms with van der Waals surface area (Å²) >= 11 is 0. The van der Waals surface area contributed by atoms with E-state index >= 15 is 0 Å². The summed E-state index contributed by atoms with van der Waals surface area (Å²) in [6.45, 7) is 0.414. The van der Waals surface area contributed by atoms with Crippen molar-refractivity contribution in [2.45, 2.75) is 30.6 Å². The lowest BCUT2D eigenvalue weighted by Crippen LogP contribution is -2.30. The molecule has 1 aromatic rings. The first-order valence-electron chi connectivity index (χ1n) is 7.44. The maximum Gasteiger partial charge on any atom is 0.303 e. The lowest BCUT2D eigenvalue weighted by atomic mass is 10.2. The van der Waals surface area contributed by atoms with Crippen molar-refractivity contribution in [1.29, 1.82) is 0 Å². The molecule has 0 aromatic heterocycles. The van der Waals surface area contributed by atoms with Crippen molar-refractivity contribution >= 4 is 21.9 Å². The molecule has 0 aliphatic heterocycles. The largest absolute Gasteiger partial charge is 0.481 e. The summed E-state index contributed by atoms with van der Waals surface area (Å²) in [5, 5.41) is 11.0. The fourth-order valence-electron chi connectivity index (χ4n) is 1.92. The Bertz CT molecular complexity index is 661. The third-order valence-corrected chi connectivity index (χ3v) is 5.16. The van der Waals surface area contributed by atoms with Crippen molar-refractivity contribution in [2.75, 3.05) is 20.1 Å². The van der Waals surface area contributed by atoms with E-state index < -0.39 is 21.8 Å². The van der Waals surface area contributed by atoms with Crippen LogP contribution in [0.4, 0.5) is 4.39 Å². The highest BCUT2D eigenvalue weighted by atomic mass is 32.2. The van der Waals surface area contributed by atoms with Gasteiger partial charge in [0.2, 0.25) is 15.9 Å². The van der Waals surface area contributed by atoms with Crippen LogP contribution in [0.2, 0.25) is 0 Å². The average Bonchev–Trinajstić information content (AvgIpc) is 2.51. The minimum absolute atomic E-state index is 0.00970. The highest BCUT2D eigenvalue weighted by Crippen LogP contribution is 2.15. The summed E-state index contributed by atoms with van der Waals surface area (Å²) in [6.07, 6.45) is 0.789. The van der Waals surface area contributed by atoms with Crippen molar-refractivity contribution in [3.63, 3.8) is 0 Å². The van der Waals surface area contributed by atoms with Crippen LogP contribution in [0.3, 0.4) is 0 Å². The number of amides is 1. The Kier molecular flexibility index (Phi) is 7.80. The first-order chi connectivity index (χ1) is 11.2. The van der Waals surface area contributed by atoms with Gasteiger partial charge in [-0.05, 0) is 37.1 Å². The minimum Gasteiger partial charge on any atom is -0.481 e. The highest BCUT2D eigenvalue weighted by Gasteiger charge is 2.20. The van der Waals surface area contributed by atoms with Crippen molar-refractivity contribution in [3.05, 3.63) is 30.1 Å². The topological polar surface area (TPSA) is 104 Å². The molecule has 0 aliphatic rings. The number of benzene rings is 1. The molecule has 1 amide bonds. The molecule has 2 N–H and O–H groups in total. The van der Waals surface area contributed by atoms with Gasteiger partial charge in [0.1, 0.15) is 5.82 Å². The standard InChI is InChI=1S/C15H21FN2O5S/c1-18(24(22,23)13-8-6-12(16)7-9-13)11-3-4-14(19)17-10-2-5-15(20)21/h6-9H,2-5,10-11H2,1H3,(H,17,19)(H,20,21). The molecule has 1 aromatic carbocycles. The van der Waals surface area contributed by atoms with Crippen molar-refractivity contribution in [2.24, 2.45) is 0 Å². The second-order valence-corrected chi connectivity index (χ2v) is 7.28. The van der Waals surface area contributed by atoms with Crippen LogP contribution in [0.25, 0.3) is 0 Å². The summed E-state index contributed by atoms with van der Waals surface area (Å²) in [7, 11) is -2.32. The van der Waals surface area contributed by atoms with Crippen LogP contribution < -0.4 is 5.32 Å². The van der Waals surface area contributed by atoms with E-state index in [0.717, 1.165) is 16.4 Å². The Hall–Kier alpha value is -2.00. The number of hydrogen-bond donors (Lipinski definition) is 2. The Morgan fingerprint density at radius 2 is 1.79 bits per heavy atom. The third kappa shape index (κ3) is 6.63. The number of carboxylic acid groups (broad SMARTS) is 1. The zero-order valence-corrected chi connectivity index (χ0v) is 14.2. The molecule has 0 aliphatic carbocycles. The average molecular weight is 360 g/mol. The summed E-state index contributed by atoms with van der Waals surface area (Å²) in [6, 6.07) is 4.53. The van der Waals surface area contributed by atoms with E-state index in [9.17, 15) is 22.4 Å². The fourth-order valence-corrected chi connectivity index (χ4v) is 3.13. The smallest absolute Gasteiger partial charge is 0.303 e. The van der Waals surface area contributed by atoms with Crippen molar-refractivity contribution in [3.8, 4) is 0 Å². The van der Waals surface area contributed by atoms with E-state index in [1.807, 2.05) is 0 Å². The van der Waals surface area contributed by atoms with E-state index in [1.165, 1.54) is 19.2 Å². The van der Waals surface area contributed by atoms with Crippen LogP contribution in [0.15, 0.2) is 29.2 Å². The molecule has 0 fully saturated rings. The molecule has 0 unspecified atom stereocenters. The summed E-state index contributed by atoms with van der Waals surface area (Å²) in [5.41, 5.74) is 0. The maximum absolute atomic E-state index is 12.9. The lowest BCUT2D eigenvalue weighted by molar-refractivity contribution is -0.137. The molecule has 24 heavy (non-hydrogen) atoms. The van der Waals surface area contributed by atoms with Gasteiger partial charge in [-0.15, -0.1) is 0 Å². The number of carbonyl (C=O) groups excluding carboxylic acids is 1. The third-order valence-electron chi connectivity index (χ3n) is 3.29. The molecular formula is C15H21FN2O5S. The number of hydrogen-bond acceptors (Lipinski definition) is 4.